The van der Waals surface area contributed by atoms with Gasteiger partial charge in [-0.05, 0) is 56.7 Å². The summed E-state index contributed by atoms with van der Waals surface area (Å²) in [6, 6.07) is 6.74. The zero-order chi connectivity index (χ0) is 16.9. The monoisotopic (exact) mass is 347 g/mol. The summed E-state index contributed by atoms with van der Waals surface area (Å²) in [5, 5.41) is 1.07. The van der Waals surface area contributed by atoms with E-state index >= 15 is 0 Å². The summed E-state index contributed by atoms with van der Waals surface area (Å²) >= 11 is 1.52. The number of methoxy groups -OCH3 is 2. The molecule has 1 aromatic carbocycles. The second-order valence-corrected chi connectivity index (χ2v) is 6.93. The van der Waals surface area contributed by atoms with Crippen molar-refractivity contribution in [1.82, 2.24) is 9.36 Å². The number of ether oxygens (including phenoxy) is 2. The van der Waals surface area contributed by atoms with Crippen LogP contribution in [0.25, 0.3) is 0 Å². The molecule has 1 unspecified atom stereocenters. The molecule has 1 fully saturated rings. The van der Waals surface area contributed by atoms with Gasteiger partial charge < -0.3 is 14.4 Å². The Morgan fingerprint density at radius 1 is 1.21 bits per heavy atom. The average Bonchev–Trinajstić information content (AvgIpc) is 3.06. The Bertz CT molecular complexity index is 674. The fraction of sp³-hybridized carbons (Fsp3) is 0.556. The molecule has 0 saturated carbocycles. The highest BCUT2D eigenvalue weighted by molar-refractivity contribution is 7.09. The number of rotatable bonds is 6. The van der Waals surface area contributed by atoms with Gasteiger partial charge in [-0.15, -0.1) is 0 Å². The van der Waals surface area contributed by atoms with Crippen molar-refractivity contribution in [3.8, 4) is 11.5 Å². The van der Waals surface area contributed by atoms with Crippen LogP contribution in [0.4, 0.5) is 5.13 Å². The lowest BCUT2D eigenvalue weighted by Crippen LogP contribution is -2.39. The number of piperidine rings is 1. The zero-order valence-electron chi connectivity index (χ0n) is 14.6. The topological polar surface area (TPSA) is 47.5 Å². The van der Waals surface area contributed by atoms with E-state index in [9.17, 15) is 0 Å². The van der Waals surface area contributed by atoms with Crippen LogP contribution in [0.1, 0.15) is 37.1 Å². The third-order valence-electron chi connectivity index (χ3n) is 4.60. The number of benzene rings is 1. The molecule has 1 aliphatic heterocycles. The zero-order valence-corrected chi connectivity index (χ0v) is 15.4. The van der Waals surface area contributed by atoms with Gasteiger partial charge >= 0.3 is 0 Å². The van der Waals surface area contributed by atoms with Crippen molar-refractivity contribution in [2.24, 2.45) is 0 Å². The van der Waals surface area contributed by atoms with Crippen LogP contribution in [-0.4, -0.2) is 36.2 Å². The number of nitrogens with zero attached hydrogens (tertiary/aromatic N) is 3. The minimum atomic E-state index is 0.541. The van der Waals surface area contributed by atoms with Crippen molar-refractivity contribution in [1.29, 1.82) is 0 Å². The van der Waals surface area contributed by atoms with Gasteiger partial charge in [-0.3, -0.25) is 0 Å². The van der Waals surface area contributed by atoms with Crippen LogP contribution >= 0.6 is 11.5 Å². The van der Waals surface area contributed by atoms with E-state index in [1.54, 1.807) is 14.2 Å². The van der Waals surface area contributed by atoms with E-state index < -0.39 is 0 Å². The molecule has 24 heavy (non-hydrogen) atoms. The van der Waals surface area contributed by atoms with Gasteiger partial charge in [0.15, 0.2) is 11.5 Å². The number of hydrogen-bond acceptors (Lipinski definition) is 6. The lowest BCUT2D eigenvalue weighted by molar-refractivity contribution is 0.354. The van der Waals surface area contributed by atoms with Crippen molar-refractivity contribution < 1.29 is 9.47 Å². The SMILES string of the molecule is COc1ccc(CCC2CCCCN2c2nc(C)ns2)cc1OC. The summed E-state index contributed by atoms with van der Waals surface area (Å²) < 4.78 is 15.1. The van der Waals surface area contributed by atoms with Crippen LogP contribution < -0.4 is 14.4 Å². The summed E-state index contributed by atoms with van der Waals surface area (Å²) in [5.41, 5.74) is 1.28. The molecule has 0 radical (unpaired) electrons. The fourth-order valence-electron chi connectivity index (χ4n) is 3.32. The third-order valence-corrected chi connectivity index (χ3v) is 5.45. The molecule has 0 bridgehead atoms. The molecule has 1 aromatic heterocycles. The molecular formula is C18H25N3O2S. The van der Waals surface area contributed by atoms with Crippen molar-refractivity contribution in [3.05, 3.63) is 29.6 Å². The van der Waals surface area contributed by atoms with Crippen LogP contribution in [-0.2, 0) is 6.42 Å². The maximum atomic E-state index is 5.41. The van der Waals surface area contributed by atoms with Crippen molar-refractivity contribution in [2.75, 3.05) is 25.7 Å². The molecule has 130 valence electrons. The second kappa shape index (κ2) is 7.83. The largest absolute Gasteiger partial charge is 0.493 e. The van der Waals surface area contributed by atoms with Crippen molar-refractivity contribution >= 4 is 16.7 Å². The first-order valence-electron chi connectivity index (χ1n) is 8.49. The van der Waals surface area contributed by atoms with Gasteiger partial charge in [-0.2, -0.15) is 4.37 Å². The summed E-state index contributed by atoms with van der Waals surface area (Å²) in [5.74, 6) is 2.46. The van der Waals surface area contributed by atoms with E-state index in [2.05, 4.69) is 26.4 Å². The van der Waals surface area contributed by atoms with E-state index in [1.165, 1.54) is 36.4 Å². The first-order valence-corrected chi connectivity index (χ1v) is 9.26. The first kappa shape index (κ1) is 17.0. The fourth-order valence-corrected chi connectivity index (χ4v) is 4.10. The molecule has 2 heterocycles. The van der Waals surface area contributed by atoms with Crippen LogP contribution in [0.3, 0.4) is 0 Å². The number of anilines is 1. The highest BCUT2D eigenvalue weighted by Crippen LogP contribution is 2.31. The van der Waals surface area contributed by atoms with E-state index in [-0.39, 0.29) is 0 Å². The molecule has 1 atom stereocenters. The Hall–Kier alpha value is -1.82. The maximum Gasteiger partial charge on any atom is 0.205 e. The summed E-state index contributed by atoms with van der Waals surface area (Å²) in [4.78, 5) is 7.04. The maximum absolute atomic E-state index is 5.41. The third kappa shape index (κ3) is 3.80. The predicted molar refractivity (Wildman–Crippen MR) is 97.5 cm³/mol. The molecule has 5 nitrogen and oxygen atoms in total. The quantitative estimate of drug-likeness (QED) is 0.794. The van der Waals surface area contributed by atoms with Gasteiger partial charge in [0.2, 0.25) is 5.13 Å². The van der Waals surface area contributed by atoms with Gasteiger partial charge in [0.05, 0.1) is 14.2 Å². The highest BCUT2D eigenvalue weighted by atomic mass is 32.1. The minimum Gasteiger partial charge on any atom is -0.493 e. The molecule has 1 aliphatic rings. The molecule has 2 aromatic rings. The Balaban J connectivity index is 1.68. The Morgan fingerprint density at radius 3 is 2.75 bits per heavy atom. The molecule has 0 N–H and O–H groups in total. The standard InChI is InChI=1S/C18H25N3O2S/c1-13-19-18(24-20-13)21-11-5-4-6-15(21)9-7-14-8-10-16(22-2)17(12-14)23-3/h8,10,12,15H,4-7,9,11H2,1-3H3. The lowest BCUT2D eigenvalue weighted by Gasteiger charge is -2.35. The van der Waals surface area contributed by atoms with Crippen LogP contribution in [0.5, 0.6) is 11.5 Å². The molecule has 0 amide bonds. The Morgan fingerprint density at radius 2 is 2.04 bits per heavy atom. The molecule has 0 aliphatic carbocycles. The average molecular weight is 347 g/mol. The Kier molecular flexibility index (Phi) is 5.56. The van der Waals surface area contributed by atoms with Gasteiger partial charge in [0.25, 0.3) is 0 Å². The lowest BCUT2D eigenvalue weighted by atomic mass is 9.96. The van der Waals surface area contributed by atoms with Gasteiger partial charge in [-0.25, -0.2) is 4.98 Å². The Labute approximate surface area is 147 Å². The smallest absolute Gasteiger partial charge is 0.205 e. The highest BCUT2D eigenvalue weighted by Gasteiger charge is 2.25. The number of aryl methyl sites for hydroxylation is 2. The van der Waals surface area contributed by atoms with Crippen LogP contribution in [0.2, 0.25) is 0 Å². The predicted octanol–water partition coefficient (Wildman–Crippen LogP) is 3.86. The van der Waals surface area contributed by atoms with Crippen molar-refractivity contribution in [3.63, 3.8) is 0 Å². The van der Waals surface area contributed by atoms with Gasteiger partial charge in [0.1, 0.15) is 5.82 Å². The van der Waals surface area contributed by atoms with Crippen LogP contribution in [0.15, 0.2) is 18.2 Å². The number of hydrogen-bond donors (Lipinski definition) is 0. The van der Waals surface area contributed by atoms with Gasteiger partial charge in [-0.1, -0.05) is 6.07 Å². The van der Waals surface area contributed by atoms with Crippen molar-refractivity contribution in [2.45, 2.75) is 45.1 Å². The molecule has 0 spiro atoms. The summed E-state index contributed by atoms with van der Waals surface area (Å²) in [6.45, 7) is 3.05. The second-order valence-electron chi connectivity index (χ2n) is 6.20. The van der Waals surface area contributed by atoms with E-state index in [0.717, 1.165) is 41.8 Å². The number of aromatic nitrogens is 2. The molecule has 6 heteroatoms. The summed E-state index contributed by atoms with van der Waals surface area (Å²) in [6.07, 6.45) is 5.91. The van der Waals surface area contributed by atoms with E-state index in [4.69, 9.17) is 9.47 Å². The summed E-state index contributed by atoms with van der Waals surface area (Å²) in [7, 11) is 3.35. The molecular weight excluding hydrogens is 322 g/mol. The van der Waals surface area contributed by atoms with Gasteiger partial charge in [0, 0.05) is 24.1 Å². The normalized spacial score (nSPS) is 17.8. The molecule has 1 saturated heterocycles. The van der Waals surface area contributed by atoms with E-state index in [0.29, 0.717) is 6.04 Å². The first-order chi connectivity index (χ1) is 11.7. The van der Waals surface area contributed by atoms with Crippen LogP contribution in [0, 0.1) is 6.92 Å². The minimum absolute atomic E-state index is 0.541. The van der Waals surface area contributed by atoms with E-state index in [1.807, 2.05) is 13.0 Å². The molecule has 3 rings (SSSR count).